The first-order valence-corrected chi connectivity index (χ1v) is 11.5. The molecule has 0 spiro atoms. The molecule has 1 amide bonds. The molecule has 1 heterocycles. The summed E-state index contributed by atoms with van der Waals surface area (Å²) in [5.74, 6) is -1.27. The largest absolute Gasteiger partial charge is 0.452 e. The van der Waals surface area contributed by atoms with E-state index in [-0.39, 0.29) is 15.7 Å². The van der Waals surface area contributed by atoms with Crippen LogP contribution in [0.4, 0.5) is 5.69 Å². The highest BCUT2D eigenvalue weighted by atomic mass is 35.5. The van der Waals surface area contributed by atoms with Gasteiger partial charge >= 0.3 is 5.97 Å². The molecule has 0 saturated heterocycles. The zero-order chi connectivity index (χ0) is 24.4. The predicted molar refractivity (Wildman–Crippen MR) is 137 cm³/mol. The van der Waals surface area contributed by atoms with E-state index in [4.69, 9.17) is 56.1 Å². The summed E-state index contributed by atoms with van der Waals surface area (Å²) in [5.41, 5.74) is 3.07. The number of anilines is 1. The Balaban J connectivity index is 1.62. The molecule has 9 heteroatoms. The fraction of sp³-hybridized carbons (Fsp3) is 0.0800. The van der Waals surface area contributed by atoms with Crippen LogP contribution in [0.5, 0.6) is 0 Å². The van der Waals surface area contributed by atoms with Crippen molar-refractivity contribution in [2.75, 3.05) is 11.9 Å². The zero-order valence-electron chi connectivity index (χ0n) is 17.7. The van der Waals surface area contributed by atoms with Gasteiger partial charge in [-0.25, -0.2) is 9.78 Å². The van der Waals surface area contributed by atoms with Crippen LogP contribution in [0.3, 0.4) is 0 Å². The number of rotatable bonds is 5. The van der Waals surface area contributed by atoms with Crippen LogP contribution in [0.2, 0.25) is 20.1 Å². The molecule has 0 radical (unpaired) electrons. The fourth-order valence-electron chi connectivity index (χ4n) is 3.53. The van der Waals surface area contributed by atoms with Gasteiger partial charge in [0.1, 0.15) is 0 Å². The van der Waals surface area contributed by atoms with Gasteiger partial charge in [0.2, 0.25) is 0 Å². The maximum absolute atomic E-state index is 13.1. The second-order valence-electron chi connectivity index (χ2n) is 7.36. The van der Waals surface area contributed by atoms with Crippen molar-refractivity contribution in [2.45, 2.75) is 6.92 Å². The molecule has 0 saturated carbocycles. The van der Waals surface area contributed by atoms with E-state index in [1.54, 1.807) is 37.3 Å². The number of amides is 1. The molecule has 4 rings (SSSR count). The normalized spacial score (nSPS) is 10.9. The lowest BCUT2D eigenvalue weighted by molar-refractivity contribution is -0.119. The molecule has 0 atom stereocenters. The minimum absolute atomic E-state index is 0.166. The van der Waals surface area contributed by atoms with Gasteiger partial charge in [0, 0.05) is 21.0 Å². The molecule has 0 aliphatic rings. The SMILES string of the molecule is Cc1c(-c2cccc(Cl)c2)nc2ccccc2c1C(=O)OCC(=O)Nc1c(Cl)cc(Cl)cc1Cl. The first-order chi connectivity index (χ1) is 16.2. The maximum Gasteiger partial charge on any atom is 0.339 e. The number of esters is 1. The van der Waals surface area contributed by atoms with Gasteiger partial charge in [-0.15, -0.1) is 0 Å². The lowest BCUT2D eigenvalue weighted by Crippen LogP contribution is -2.22. The lowest BCUT2D eigenvalue weighted by atomic mass is 9.98. The van der Waals surface area contributed by atoms with Crippen LogP contribution in [0.15, 0.2) is 60.7 Å². The van der Waals surface area contributed by atoms with Crippen molar-refractivity contribution in [3.63, 3.8) is 0 Å². The monoisotopic (exact) mass is 532 g/mol. The Labute approximate surface area is 215 Å². The lowest BCUT2D eigenvalue weighted by Gasteiger charge is -2.15. The summed E-state index contributed by atoms with van der Waals surface area (Å²) < 4.78 is 5.35. The number of benzene rings is 3. The third-order valence-corrected chi connectivity index (χ3v) is 6.09. The Kier molecular flexibility index (Phi) is 7.29. The van der Waals surface area contributed by atoms with Gasteiger partial charge in [0.05, 0.1) is 32.5 Å². The second-order valence-corrected chi connectivity index (χ2v) is 9.04. The Morgan fingerprint density at radius 3 is 2.32 bits per heavy atom. The maximum atomic E-state index is 13.1. The summed E-state index contributed by atoms with van der Waals surface area (Å²) in [6, 6.07) is 17.3. The Morgan fingerprint density at radius 2 is 1.62 bits per heavy atom. The summed E-state index contributed by atoms with van der Waals surface area (Å²) in [7, 11) is 0. The quantitative estimate of drug-likeness (QED) is 0.268. The minimum atomic E-state index is -0.664. The van der Waals surface area contributed by atoms with Crippen LogP contribution < -0.4 is 5.32 Å². The summed E-state index contributed by atoms with van der Waals surface area (Å²) in [6.07, 6.45) is 0. The number of ether oxygens (including phenoxy) is 1. The molecule has 0 fully saturated rings. The molecule has 0 bridgehead atoms. The third-order valence-electron chi connectivity index (χ3n) is 5.04. The number of aromatic nitrogens is 1. The van der Waals surface area contributed by atoms with Crippen molar-refractivity contribution in [3.05, 3.63) is 91.9 Å². The van der Waals surface area contributed by atoms with Gasteiger partial charge in [-0.3, -0.25) is 4.79 Å². The molecular formula is C25H16Cl4N2O3. The topological polar surface area (TPSA) is 68.3 Å². The Hall–Kier alpha value is -2.83. The number of hydrogen-bond donors (Lipinski definition) is 1. The summed E-state index contributed by atoms with van der Waals surface area (Å²) in [4.78, 5) is 30.3. The van der Waals surface area contributed by atoms with Gasteiger partial charge in [0.25, 0.3) is 5.91 Å². The van der Waals surface area contributed by atoms with E-state index in [1.807, 2.05) is 18.2 Å². The molecular weight excluding hydrogens is 518 g/mol. The third kappa shape index (κ3) is 5.13. The fourth-order valence-corrected chi connectivity index (χ4v) is 4.63. The van der Waals surface area contributed by atoms with Gasteiger partial charge in [-0.2, -0.15) is 0 Å². The average Bonchev–Trinajstić information content (AvgIpc) is 2.79. The smallest absolute Gasteiger partial charge is 0.339 e. The van der Waals surface area contributed by atoms with E-state index in [1.165, 1.54) is 12.1 Å². The average molecular weight is 534 g/mol. The molecule has 0 unspecified atom stereocenters. The van der Waals surface area contributed by atoms with Crippen molar-refractivity contribution in [3.8, 4) is 11.3 Å². The molecule has 4 aromatic rings. The Bertz CT molecular complexity index is 1420. The first-order valence-electron chi connectivity index (χ1n) is 10.0. The zero-order valence-corrected chi connectivity index (χ0v) is 20.7. The van der Waals surface area contributed by atoms with E-state index < -0.39 is 18.5 Å². The highest BCUT2D eigenvalue weighted by Gasteiger charge is 2.21. The van der Waals surface area contributed by atoms with E-state index in [0.29, 0.717) is 37.8 Å². The number of carbonyl (C=O) groups is 2. The van der Waals surface area contributed by atoms with Crippen LogP contribution in [0, 0.1) is 6.92 Å². The number of nitrogens with one attached hydrogen (secondary N) is 1. The minimum Gasteiger partial charge on any atom is -0.452 e. The number of pyridine rings is 1. The predicted octanol–water partition coefficient (Wildman–Crippen LogP) is 7.62. The van der Waals surface area contributed by atoms with Crippen molar-refractivity contribution in [1.29, 1.82) is 0 Å². The molecule has 34 heavy (non-hydrogen) atoms. The van der Waals surface area contributed by atoms with E-state index in [0.717, 1.165) is 5.56 Å². The number of nitrogens with zero attached hydrogens (tertiary/aromatic N) is 1. The highest BCUT2D eigenvalue weighted by Crippen LogP contribution is 2.34. The van der Waals surface area contributed by atoms with Crippen molar-refractivity contribution in [1.82, 2.24) is 4.98 Å². The highest BCUT2D eigenvalue weighted by molar-refractivity contribution is 6.42. The van der Waals surface area contributed by atoms with E-state index >= 15 is 0 Å². The van der Waals surface area contributed by atoms with Crippen molar-refractivity contribution < 1.29 is 14.3 Å². The van der Waals surface area contributed by atoms with Gasteiger partial charge in [-0.05, 0) is 42.8 Å². The van der Waals surface area contributed by atoms with Gasteiger partial charge in [-0.1, -0.05) is 76.7 Å². The van der Waals surface area contributed by atoms with Crippen LogP contribution in [-0.2, 0) is 9.53 Å². The summed E-state index contributed by atoms with van der Waals surface area (Å²) in [6.45, 7) is 1.23. The van der Waals surface area contributed by atoms with E-state index in [9.17, 15) is 9.59 Å². The first kappa shape index (κ1) is 24.3. The molecule has 172 valence electrons. The standard InChI is InChI=1S/C25H16Cl4N2O3/c1-13-22(25(33)34-12-21(32)31-24-18(28)10-16(27)11-19(24)29)17-7-2-3-8-20(17)30-23(13)14-5-4-6-15(26)9-14/h2-11H,12H2,1H3,(H,31,32). The number of para-hydroxylation sites is 1. The number of carbonyl (C=O) groups excluding carboxylic acids is 2. The van der Waals surface area contributed by atoms with Gasteiger partial charge < -0.3 is 10.1 Å². The molecule has 5 nitrogen and oxygen atoms in total. The summed E-state index contributed by atoms with van der Waals surface area (Å²) >= 11 is 24.3. The number of fused-ring (bicyclic) bond motifs is 1. The number of halogens is 4. The van der Waals surface area contributed by atoms with E-state index in [2.05, 4.69) is 5.32 Å². The summed E-state index contributed by atoms with van der Waals surface area (Å²) in [5, 5.41) is 4.36. The van der Waals surface area contributed by atoms with Crippen LogP contribution in [0.25, 0.3) is 22.2 Å². The second kappa shape index (κ2) is 10.2. The molecule has 0 aliphatic heterocycles. The van der Waals surface area contributed by atoms with Crippen LogP contribution in [-0.4, -0.2) is 23.5 Å². The molecule has 3 aromatic carbocycles. The number of hydrogen-bond acceptors (Lipinski definition) is 4. The molecule has 0 aliphatic carbocycles. The van der Waals surface area contributed by atoms with Crippen molar-refractivity contribution in [2.24, 2.45) is 0 Å². The van der Waals surface area contributed by atoms with Crippen LogP contribution >= 0.6 is 46.4 Å². The molecule has 1 N–H and O–H groups in total. The molecule has 1 aromatic heterocycles. The van der Waals surface area contributed by atoms with Crippen molar-refractivity contribution >= 4 is 74.9 Å². The van der Waals surface area contributed by atoms with Crippen LogP contribution in [0.1, 0.15) is 15.9 Å². The van der Waals surface area contributed by atoms with Gasteiger partial charge in [0.15, 0.2) is 6.61 Å². The Morgan fingerprint density at radius 1 is 0.912 bits per heavy atom.